The van der Waals surface area contributed by atoms with Crippen LogP contribution in [0.3, 0.4) is 0 Å². The third kappa shape index (κ3) is 4.67. The molecule has 2 N–H and O–H groups in total. The Morgan fingerprint density at radius 3 is 2.55 bits per heavy atom. The van der Waals surface area contributed by atoms with Crippen molar-refractivity contribution in [2.45, 2.75) is 26.3 Å². The van der Waals surface area contributed by atoms with Crippen LogP contribution >= 0.6 is 0 Å². The van der Waals surface area contributed by atoms with E-state index in [0.717, 1.165) is 35.6 Å². The highest BCUT2D eigenvalue weighted by molar-refractivity contribution is 5.47. The molecule has 2 aromatic carbocycles. The predicted octanol–water partition coefficient (Wildman–Crippen LogP) is 3.99. The van der Waals surface area contributed by atoms with E-state index in [2.05, 4.69) is 17.8 Å². The molecule has 2 rings (SSSR count). The summed E-state index contributed by atoms with van der Waals surface area (Å²) in [7, 11) is 1.67. The summed E-state index contributed by atoms with van der Waals surface area (Å²) < 4.78 is 11.3. The summed E-state index contributed by atoms with van der Waals surface area (Å²) in [5.74, 6) is 1.59. The second kappa shape index (κ2) is 8.95. The van der Waals surface area contributed by atoms with Crippen molar-refractivity contribution in [2.24, 2.45) is 0 Å². The zero-order valence-electron chi connectivity index (χ0n) is 13.3. The van der Waals surface area contributed by atoms with E-state index >= 15 is 0 Å². The lowest BCUT2D eigenvalue weighted by atomic mass is 10.2. The molecule has 0 fully saturated rings. The third-order valence-electron chi connectivity index (χ3n) is 3.31. The lowest BCUT2D eigenvalue weighted by Gasteiger charge is -2.16. The number of hydrazine groups is 1. The number of hydrogen-bond acceptors (Lipinski definition) is 4. The van der Waals surface area contributed by atoms with Gasteiger partial charge < -0.3 is 14.9 Å². The van der Waals surface area contributed by atoms with Gasteiger partial charge in [0.05, 0.1) is 13.7 Å². The average molecular weight is 300 g/mol. The molecule has 0 aliphatic rings. The quantitative estimate of drug-likeness (QED) is 0.543. The fourth-order valence-corrected chi connectivity index (χ4v) is 2.11. The van der Waals surface area contributed by atoms with Gasteiger partial charge in [-0.05, 0) is 24.6 Å². The van der Waals surface area contributed by atoms with Crippen LogP contribution in [0.2, 0.25) is 0 Å². The van der Waals surface area contributed by atoms with Gasteiger partial charge in [-0.25, -0.2) is 5.43 Å². The first-order valence-corrected chi connectivity index (χ1v) is 7.67. The van der Waals surface area contributed by atoms with Gasteiger partial charge in [-0.15, -0.1) is 0 Å². The van der Waals surface area contributed by atoms with Gasteiger partial charge in [-0.3, -0.25) is 0 Å². The highest BCUT2D eigenvalue weighted by Crippen LogP contribution is 2.31. The molecule has 0 aromatic heterocycles. The van der Waals surface area contributed by atoms with Gasteiger partial charge >= 0.3 is 0 Å². The standard InChI is InChI=1S/C18H24N2O2/c1-3-4-13-22-18-15(9-8-12-17(18)21-2)14-19-20-16-10-6-5-7-11-16/h5-12,19-20H,3-4,13-14H2,1-2H3. The molecule has 0 saturated carbocycles. The molecule has 0 heterocycles. The molecule has 118 valence electrons. The Morgan fingerprint density at radius 2 is 1.82 bits per heavy atom. The molecule has 4 nitrogen and oxygen atoms in total. The molecule has 0 atom stereocenters. The zero-order chi connectivity index (χ0) is 15.6. The maximum atomic E-state index is 5.91. The van der Waals surface area contributed by atoms with Gasteiger partial charge in [0.25, 0.3) is 0 Å². The Kier molecular flexibility index (Phi) is 6.58. The summed E-state index contributed by atoms with van der Waals surface area (Å²) in [6.45, 7) is 3.50. The summed E-state index contributed by atoms with van der Waals surface area (Å²) in [5, 5.41) is 0. The van der Waals surface area contributed by atoms with Gasteiger partial charge in [0, 0.05) is 17.8 Å². The number of nitrogens with one attached hydrogen (secondary N) is 2. The SMILES string of the molecule is CCCCOc1c(CNNc2ccccc2)cccc1OC. The maximum absolute atomic E-state index is 5.91. The van der Waals surface area contributed by atoms with Crippen LogP contribution in [0, 0.1) is 0 Å². The molecule has 0 aliphatic heterocycles. The van der Waals surface area contributed by atoms with Crippen LogP contribution < -0.4 is 20.3 Å². The minimum Gasteiger partial charge on any atom is -0.493 e. The highest BCUT2D eigenvalue weighted by atomic mass is 16.5. The van der Waals surface area contributed by atoms with E-state index in [1.807, 2.05) is 48.5 Å². The van der Waals surface area contributed by atoms with Crippen molar-refractivity contribution in [2.75, 3.05) is 19.1 Å². The summed E-state index contributed by atoms with van der Waals surface area (Å²) in [6, 6.07) is 16.0. The number of methoxy groups -OCH3 is 1. The Morgan fingerprint density at radius 1 is 1.00 bits per heavy atom. The van der Waals surface area contributed by atoms with Gasteiger partial charge in [0.15, 0.2) is 11.5 Å². The van der Waals surface area contributed by atoms with Crippen molar-refractivity contribution in [3.8, 4) is 11.5 Å². The smallest absolute Gasteiger partial charge is 0.165 e. The second-order valence-electron chi connectivity index (χ2n) is 5.00. The van der Waals surface area contributed by atoms with Crippen molar-refractivity contribution >= 4 is 5.69 Å². The number of ether oxygens (including phenoxy) is 2. The number of para-hydroxylation sites is 2. The lowest BCUT2D eigenvalue weighted by molar-refractivity contribution is 0.285. The summed E-state index contributed by atoms with van der Waals surface area (Å²) >= 11 is 0. The van der Waals surface area contributed by atoms with Crippen molar-refractivity contribution < 1.29 is 9.47 Å². The molecule has 0 amide bonds. The van der Waals surface area contributed by atoms with Crippen molar-refractivity contribution in [3.05, 3.63) is 54.1 Å². The lowest BCUT2D eigenvalue weighted by Crippen LogP contribution is -2.21. The molecule has 0 aliphatic carbocycles. The Labute approximate surface area is 132 Å². The van der Waals surface area contributed by atoms with Gasteiger partial charge in [0.1, 0.15) is 0 Å². The van der Waals surface area contributed by atoms with Crippen LogP contribution in [0.5, 0.6) is 11.5 Å². The van der Waals surface area contributed by atoms with E-state index in [1.54, 1.807) is 7.11 Å². The molecule has 0 radical (unpaired) electrons. The molecular weight excluding hydrogens is 276 g/mol. The number of anilines is 1. The minimum atomic E-state index is 0.646. The Balaban J connectivity index is 1.99. The van der Waals surface area contributed by atoms with E-state index in [4.69, 9.17) is 9.47 Å². The normalized spacial score (nSPS) is 10.3. The van der Waals surface area contributed by atoms with Crippen LogP contribution in [-0.4, -0.2) is 13.7 Å². The molecule has 2 aromatic rings. The number of benzene rings is 2. The fourth-order valence-electron chi connectivity index (χ4n) is 2.11. The molecule has 0 unspecified atom stereocenters. The monoisotopic (exact) mass is 300 g/mol. The fraction of sp³-hybridized carbons (Fsp3) is 0.333. The highest BCUT2D eigenvalue weighted by Gasteiger charge is 2.10. The van der Waals surface area contributed by atoms with Crippen LogP contribution in [-0.2, 0) is 6.54 Å². The third-order valence-corrected chi connectivity index (χ3v) is 3.31. The average Bonchev–Trinajstić information content (AvgIpc) is 2.57. The van der Waals surface area contributed by atoms with E-state index in [-0.39, 0.29) is 0 Å². The summed E-state index contributed by atoms with van der Waals surface area (Å²) in [5.41, 5.74) is 8.49. The van der Waals surface area contributed by atoms with Crippen LogP contribution in [0.1, 0.15) is 25.3 Å². The summed E-state index contributed by atoms with van der Waals surface area (Å²) in [6.07, 6.45) is 2.14. The molecular formula is C18H24N2O2. The molecule has 0 bridgehead atoms. The first-order valence-electron chi connectivity index (χ1n) is 7.67. The maximum Gasteiger partial charge on any atom is 0.165 e. The largest absolute Gasteiger partial charge is 0.493 e. The predicted molar refractivity (Wildman–Crippen MR) is 90.3 cm³/mol. The van der Waals surface area contributed by atoms with E-state index in [1.165, 1.54) is 0 Å². The minimum absolute atomic E-state index is 0.646. The van der Waals surface area contributed by atoms with Crippen molar-refractivity contribution in [1.82, 2.24) is 5.43 Å². The molecule has 0 saturated heterocycles. The van der Waals surface area contributed by atoms with Crippen LogP contribution in [0.15, 0.2) is 48.5 Å². The topological polar surface area (TPSA) is 42.5 Å². The zero-order valence-corrected chi connectivity index (χ0v) is 13.3. The van der Waals surface area contributed by atoms with Crippen LogP contribution in [0.25, 0.3) is 0 Å². The number of rotatable bonds is 9. The van der Waals surface area contributed by atoms with E-state index in [9.17, 15) is 0 Å². The van der Waals surface area contributed by atoms with Gasteiger partial charge in [0.2, 0.25) is 0 Å². The number of hydrogen-bond donors (Lipinski definition) is 2. The second-order valence-corrected chi connectivity index (χ2v) is 5.00. The van der Waals surface area contributed by atoms with Crippen molar-refractivity contribution in [3.63, 3.8) is 0 Å². The Bertz CT molecular complexity index is 558. The molecule has 4 heteroatoms. The molecule has 0 spiro atoms. The van der Waals surface area contributed by atoms with Crippen LogP contribution in [0.4, 0.5) is 5.69 Å². The van der Waals surface area contributed by atoms with Gasteiger partial charge in [-0.1, -0.05) is 43.7 Å². The van der Waals surface area contributed by atoms with Crippen molar-refractivity contribution in [1.29, 1.82) is 0 Å². The Hall–Kier alpha value is -2.20. The molecule has 22 heavy (non-hydrogen) atoms. The van der Waals surface area contributed by atoms with E-state index < -0.39 is 0 Å². The van der Waals surface area contributed by atoms with E-state index in [0.29, 0.717) is 13.2 Å². The first kappa shape index (κ1) is 16.2. The number of unbranched alkanes of at least 4 members (excludes halogenated alkanes) is 1. The summed E-state index contributed by atoms with van der Waals surface area (Å²) in [4.78, 5) is 0. The van der Waals surface area contributed by atoms with Gasteiger partial charge in [-0.2, -0.15) is 0 Å². The first-order chi connectivity index (χ1) is 10.8.